The molecule has 0 saturated carbocycles. The van der Waals surface area contributed by atoms with Gasteiger partial charge in [0.05, 0.1) is 13.2 Å². The Morgan fingerprint density at radius 3 is 2.50 bits per heavy atom. The number of rotatable bonds is 11. The number of ether oxygens (including phenoxy) is 2. The lowest BCUT2D eigenvalue weighted by molar-refractivity contribution is 0.0512. The zero-order valence-corrected chi connectivity index (χ0v) is 21.5. The van der Waals surface area contributed by atoms with Crippen LogP contribution in [0.15, 0.2) is 30.3 Å². The molecule has 1 aromatic heterocycles. The van der Waals surface area contributed by atoms with E-state index in [4.69, 9.17) is 25.5 Å². The summed E-state index contributed by atoms with van der Waals surface area (Å²) in [7, 11) is -1.80. The highest BCUT2D eigenvalue weighted by atomic mass is 35.5. The summed E-state index contributed by atoms with van der Waals surface area (Å²) in [5.41, 5.74) is 0.600. The van der Waals surface area contributed by atoms with Crippen LogP contribution in [0.25, 0.3) is 0 Å². The normalized spacial score (nSPS) is 12.0. The lowest BCUT2D eigenvalue weighted by atomic mass is 10.1. The molecule has 0 bridgehead atoms. The molecule has 0 fully saturated rings. The molecular formula is C23H33ClN2O5Si. The van der Waals surface area contributed by atoms with Gasteiger partial charge in [-0.15, -0.1) is 5.10 Å². The van der Waals surface area contributed by atoms with Gasteiger partial charge >= 0.3 is 5.97 Å². The highest BCUT2D eigenvalue weighted by Gasteiger charge is 2.36. The third-order valence-corrected chi connectivity index (χ3v) is 10.3. The van der Waals surface area contributed by atoms with E-state index in [-0.39, 0.29) is 35.5 Å². The summed E-state index contributed by atoms with van der Waals surface area (Å²) >= 11 is 5.98. The van der Waals surface area contributed by atoms with Gasteiger partial charge in [0, 0.05) is 29.7 Å². The number of ketones is 1. The number of nitrogens with zero attached hydrogens (tertiary/aromatic N) is 2. The number of carbonyl (C=O) groups is 2. The largest absolute Gasteiger partial charge is 0.477 e. The van der Waals surface area contributed by atoms with Gasteiger partial charge in [-0.1, -0.05) is 44.5 Å². The van der Waals surface area contributed by atoms with Crippen LogP contribution in [0.2, 0.25) is 23.2 Å². The van der Waals surface area contributed by atoms with Gasteiger partial charge < -0.3 is 13.9 Å². The summed E-state index contributed by atoms with van der Waals surface area (Å²) in [6.45, 7) is 13.8. The molecule has 0 amide bonds. The van der Waals surface area contributed by atoms with Gasteiger partial charge in [0.2, 0.25) is 5.88 Å². The van der Waals surface area contributed by atoms with E-state index in [9.17, 15) is 9.59 Å². The van der Waals surface area contributed by atoms with Crippen molar-refractivity contribution >= 4 is 31.7 Å². The first-order chi connectivity index (χ1) is 14.9. The van der Waals surface area contributed by atoms with E-state index in [1.54, 1.807) is 31.2 Å². The molecule has 0 aliphatic rings. The summed E-state index contributed by atoms with van der Waals surface area (Å²) in [6.07, 6.45) is 0.690. The second kappa shape index (κ2) is 11.1. The summed E-state index contributed by atoms with van der Waals surface area (Å²) < 4.78 is 18.3. The lowest BCUT2D eigenvalue weighted by Gasteiger charge is -2.36. The van der Waals surface area contributed by atoms with E-state index in [0.29, 0.717) is 30.2 Å². The van der Waals surface area contributed by atoms with Crippen LogP contribution < -0.4 is 4.74 Å². The van der Waals surface area contributed by atoms with E-state index in [2.05, 4.69) is 39.0 Å². The molecule has 0 aliphatic heterocycles. The van der Waals surface area contributed by atoms with E-state index in [1.165, 1.54) is 10.7 Å². The quantitative estimate of drug-likeness (QED) is 0.186. The van der Waals surface area contributed by atoms with Gasteiger partial charge in [0.1, 0.15) is 6.54 Å². The first kappa shape index (κ1) is 26.1. The van der Waals surface area contributed by atoms with Crippen LogP contribution >= 0.6 is 11.6 Å². The summed E-state index contributed by atoms with van der Waals surface area (Å²) in [5, 5.41) is 4.91. The van der Waals surface area contributed by atoms with Crippen LogP contribution in [0.5, 0.6) is 5.88 Å². The van der Waals surface area contributed by atoms with Gasteiger partial charge in [0.15, 0.2) is 19.8 Å². The van der Waals surface area contributed by atoms with Crippen molar-refractivity contribution < 1.29 is 23.5 Å². The van der Waals surface area contributed by atoms with E-state index >= 15 is 0 Å². The highest BCUT2D eigenvalue weighted by molar-refractivity contribution is 6.74. The molecule has 1 heterocycles. The predicted molar refractivity (Wildman–Crippen MR) is 127 cm³/mol. The van der Waals surface area contributed by atoms with Crippen molar-refractivity contribution in [2.75, 3.05) is 19.8 Å². The smallest absolute Gasteiger partial charge is 0.356 e. The second-order valence-electron chi connectivity index (χ2n) is 8.99. The van der Waals surface area contributed by atoms with Crippen molar-refractivity contribution in [2.24, 2.45) is 0 Å². The standard InChI is InChI=1S/C23H33ClN2O5Si/c1-7-29-22(28)19-15-21(30-12-9-13-31-32(5,6)23(2,3)4)25-26(19)16-20(27)17-10-8-11-18(24)14-17/h8,10-11,14-15H,7,9,12-13,16H2,1-6H3. The molecule has 0 atom stereocenters. The third-order valence-electron chi connectivity index (χ3n) is 5.49. The number of aromatic nitrogens is 2. The lowest BCUT2D eigenvalue weighted by Crippen LogP contribution is -2.41. The SMILES string of the molecule is CCOC(=O)c1cc(OCCCO[Si](C)(C)C(C)(C)C)nn1CC(=O)c1cccc(Cl)c1. The molecule has 0 unspecified atom stereocenters. The van der Waals surface area contributed by atoms with E-state index < -0.39 is 14.3 Å². The van der Waals surface area contributed by atoms with Crippen LogP contribution in [-0.2, 0) is 15.7 Å². The van der Waals surface area contributed by atoms with Gasteiger partial charge in [-0.2, -0.15) is 0 Å². The predicted octanol–water partition coefficient (Wildman–Crippen LogP) is 5.39. The number of benzene rings is 1. The third kappa shape index (κ3) is 7.18. The van der Waals surface area contributed by atoms with Crippen molar-refractivity contribution in [3.63, 3.8) is 0 Å². The monoisotopic (exact) mass is 480 g/mol. The van der Waals surface area contributed by atoms with Crippen molar-refractivity contribution in [2.45, 2.75) is 58.8 Å². The minimum absolute atomic E-state index is 0.133. The average Bonchev–Trinajstić information content (AvgIpc) is 3.09. The Kier molecular flexibility index (Phi) is 9.06. The van der Waals surface area contributed by atoms with Crippen LogP contribution in [-0.4, -0.2) is 49.7 Å². The fraction of sp³-hybridized carbons (Fsp3) is 0.522. The van der Waals surface area contributed by atoms with Crippen molar-refractivity contribution in [1.29, 1.82) is 0 Å². The fourth-order valence-electron chi connectivity index (χ4n) is 2.62. The van der Waals surface area contributed by atoms with Crippen molar-refractivity contribution in [3.05, 3.63) is 46.6 Å². The number of carbonyl (C=O) groups excluding carboxylic acids is 2. The van der Waals surface area contributed by atoms with Crippen molar-refractivity contribution in [1.82, 2.24) is 9.78 Å². The molecule has 2 rings (SSSR count). The number of hydrogen-bond donors (Lipinski definition) is 0. The Morgan fingerprint density at radius 2 is 1.88 bits per heavy atom. The Labute approximate surface area is 196 Å². The van der Waals surface area contributed by atoms with Crippen LogP contribution in [0.3, 0.4) is 0 Å². The number of esters is 1. The number of halogens is 1. The molecule has 32 heavy (non-hydrogen) atoms. The molecule has 0 N–H and O–H groups in total. The molecule has 0 spiro atoms. The topological polar surface area (TPSA) is 79.7 Å². The Balaban J connectivity index is 2.03. The molecule has 176 valence electrons. The molecule has 0 saturated heterocycles. The molecule has 9 heteroatoms. The molecule has 1 aromatic carbocycles. The maximum absolute atomic E-state index is 12.7. The number of Topliss-reactive ketones (excluding diaryl/α,β-unsaturated/α-hetero) is 1. The molecule has 0 radical (unpaired) electrons. The minimum Gasteiger partial charge on any atom is -0.477 e. The number of hydrogen-bond acceptors (Lipinski definition) is 6. The Bertz CT molecular complexity index is 937. The Hall–Kier alpha value is -2.16. The van der Waals surface area contributed by atoms with Gasteiger partial charge in [0.25, 0.3) is 0 Å². The van der Waals surface area contributed by atoms with Gasteiger partial charge in [-0.25, -0.2) is 9.48 Å². The van der Waals surface area contributed by atoms with Crippen molar-refractivity contribution in [3.8, 4) is 5.88 Å². The molecule has 0 aliphatic carbocycles. The molecule has 2 aromatic rings. The first-order valence-corrected chi connectivity index (χ1v) is 14.0. The van der Waals surface area contributed by atoms with Gasteiger partial charge in [-0.05, 0) is 37.2 Å². The molecular weight excluding hydrogens is 448 g/mol. The summed E-state index contributed by atoms with van der Waals surface area (Å²) in [5.74, 6) is -0.523. The summed E-state index contributed by atoms with van der Waals surface area (Å²) in [4.78, 5) is 25.0. The van der Waals surface area contributed by atoms with E-state index in [1.807, 2.05) is 0 Å². The molecule has 7 nitrogen and oxygen atoms in total. The average molecular weight is 481 g/mol. The van der Waals surface area contributed by atoms with Crippen LogP contribution in [0.1, 0.15) is 55.0 Å². The first-order valence-electron chi connectivity index (χ1n) is 10.7. The van der Waals surface area contributed by atoms with E-state index in [0.717, 1.165) is 0 Å². The Morgan fingerprint density at radius 1 is 1.16 bits per heavy atom. The summed E-state index contributed by atoms with van der Waals surface area (Å²) in [6, 6.07) is 8.14. The second-order valence-corrected chi connectivity index (χ2v) is 14.2. The zero-order chi connectivity index (χ0) is 23.9. The fourth-order valence-corrected chi connectivity index (χ4v) is 3.90. The van der Waals surface area contributed by atoms with Crippen LogP contribution in [0.4, 0.5) is 0 Å². The zero-order valence-electron chi connectivity index (χ0n) is 19.7. The van der Waals surface area contributed by atoms with Gasteiger partial charge in [-0.3, -0.25) is 4.79 Å². The van der Waals surface area contributed by atoms with Crippen LogP contribution in [0, 0.1) is 0 Å². The minimum atomic E-state index is -1.80. The highest BCUT2D eigenvalue weighted by Crippen LogP contribution is 2.36. The maximum Gasteiger partial charge on any atom is 0.356 e. The maximum atomic E-state index is 12.7.